The molecule has 0 radical (unpaired) electrons. The van der Waals surface area contributed by atoms with Gasteiger partial charge in [0.25, 0.3) is 17.4 Å². The molecule has 0 unspecified atom stereocenters. The molecule has 2 amide bonds. The minimum Gasteiger partial charge on any atom is -0.383 e. The first kappa shape index (κ1) is 22.3. The van der Waals surface area contributed by atoms with Crippen LogP contribution in [0.1, 0.15) is 60.2 Å². The van der Waals surface area contributed by atoms with E-state index in [0.29, 0.717) is 55.8 Å². The molecule has 1 aliphatic rings. The van der Waals surface area contributed by atoms with Crippen molar-refractivity contribution in [3.63, 3.8) is 0 Å². The normalized spacial score (nSPS) is 13.0. The van der Waals surface area contributed by atoms with Gasteiger partial charge in [0.2, 0.25) is 0 Å². The predicted octanol–water partition coefficient (Wildman–Crippen LogP) is 1.82. The van der Waals surface area contributed by atoms with Crippen LogP contribution in [0.25, 0.3) is 0 Å². The lowest BCUT2D eigenvalue weighted by atomic mass is 10.1. The number of hydrogen-bond acceptors (Lipinski definition) is 6. The number of carbonyl (C=O) groups excluding carboxylic acids is 2. The topological polar surface area (TPSA) is 121 Å². The standard InChI is InChI=1S/C22H29N5O4/c1-3-5-13-26-18(23)17(19(28)24-22(26)31)25(4-2)12-8-9-14-27-20(29)15-10-6-7-11-16(15)21(27)30/h6-7,10-11H,3-5,8-9,12-14,23H2,1-2H3,(H,24,28,31). The number of aromatic amines is 1. The number of aromatic nitrogens is 2. The van der Waals surface area contributed by atoms with E-state index in [9.17, 15) is 19.2 Å². The first-order valence-corrected chi connectivity index (χ1v) is 10.7. The Balaban J connectivity index is 1.65. The highest BCUT2D eigenvalue weighted by Gasteiger charge is 2.34. The molecular weight excluding hydrogens is 398 g/mol. The van der Waals surface area contributed by atoms with E-state index in [1.807, 2.05) is 18.7 Å². The maximum absolute atomic E-state index is 12.5. The van der Waals surface area contributed by atoms with Crippen molar-refractivity contribution in [2.24, 2.45) is 0 Å². The summed E-state index contributed by atoms with van der Waals surface area (Å²) in [5.74, 6) is -0.363. The molecule has 2 heterocycles. The summed E-state index contributed by atoms with van der Waals surface area (Å²) < 4.78 is 1.40. The van der Waals surface area contributed by atoms with Gasteiger partial charge in [0.1, 0.15) is 11.5 Å². The molecule has 166 valence electrons. The number of H-pyrrole nitrogens is 1. The number of amides is 2. The number of nitrogens with two attached hydrogens (primary N) is 1. The van der Waals surface area contributed by atoms with Crippen molar-refractivity contribution in [3.05, 3.63) is 56.2 Å². The molecule has 0 saturated heterocycles. The van der Waals surface area contributed by atoms with Gasteiger partial charge in [-0.1, -0.05) is 25.5 Å². The van der Waals surface area contributed by atoms with Gasteiger partial charge in [-0.2, -0.15) is 0 Å². The van der Waals surface area contributed by atoms with Crippen molar-refractivity contribution in [1.29, 1.82) is 0 Å². The number of hydrogen-bond donors (Lipinski definition) is 2. The molecule has 3 N–H and O–H groups in total. The largest absolute Gasteiger partial charge is 0.383 e. The monoisotopic (exact) mass is 427 g/mol. The molecule has 9 nitrogen and oxygen atoms in total. The van der Waals surface area contributed by atoms with Gasteiger partial charge in [0, 0.05) is 26.2 Å². The van der Waals surface area contributed by atoms with E-state index < -0.39 is 11.2 Å². The molecule has 0 bridgehead atoms. The lowest BCUT2D eigenvalue weighted by Gasteiger charge is -2.25. The van der Waals surface area contributed by atoms with Crippen LogP contribution >= 0.6 is 0 Å². The maximum atomic E-state index is 12.5. The summed E-state index contributed by atoms with van der Waals surface area (Å²) in [6, 6.07) is 6.82. The quantitative estimate of drug-likeness (QED) is 0.441. The highest BCUT2D eigenvalue weighted by atomic mass is 16.2. The third-order valence-electron chi connectivity index (χ3n) is 5.59. The summed E-state index contributed by atoms with van der Waals surface area (Å²) >= 11 is 0. The van der Waals surface area contributed by atoms with Crippen LogP contribution in [0.15, 0.2) is 33.9 Å². The Bertz CT molecular complexity index is 1050. The van der Waals surface area contributed by atoms with Gasteiger partial charge < -0.3 is 10.6 Å². The van der Waals surface area contributed by atoms with Crippen molar-refractivity contribution < 1.29 is 9.59 Å². The van der Waals surface area contributed by atoms with Crippen LogP contribution in [0.4, 0.5) is 11.5 Å². The summed E-state index contributed by atoms with van der Waals surface area (Å²) in [7, 11) is 0. The van der Waals surface area contributed by atoms with E-state index in [4.69, 9.17) is 5.73 Å². The van der Waals surface area contributed by atoms with Crippen LogP contribution < -0.4 is 21.9 Å². The fourth-order valence-corrected chi connectivity index (χ4v) is 3.86. The van der Waals surface area contributed by atoms with E-state index in [-0.39, 0.29) is 17.6 Å². The number of fused-ring (bicyclic) bond motifs is 1. The summed E-state index contributed by atoms with van der Waals surface area (Å²) in [5, 5.41) is 0. The number of unbranched alkanes of at least 4 members (excludes halogenated alkanes) is 2. The van der Waals surface area contributed by atoms with Crippen LogP contribution in [0.5, 0.6) is 0 Å². The zero-order chi connectivity index (χ0) is 22.5. The van der Waals surface area contributed by atoms with Crippen LogP contribution in [0.2, 0.25) is 0 Å². The number of benzene rings is 1. The van der Waals surface area contributed by atoms with Crippen molar-refractivity contribution in [2.75, 3.05) is 30.3 Å². The van der Waals surface area contributed by atoms with Crippen molar-refractivity contribution in [2.45, 2.75) is 46.1 Å². The van der Waals surface area contributed by atoms with Gasteiger partial charge in [0.05, 0.1) is 11.1 Å². The van der Waals surface area contributed by atoms with Crippen LogP contribution in [-0.2, 0) is 6.54 Å². The third-order valence-corrected chi connectivity index (χ3v) is 5.59. The highest BCUT2D eigenvalue weighted by molar-refractivity contribution is 6.21. The smallest absolute Gasteiger partial charge is 0.330 e. The number of nitrogens with zero attached hydrogens (tertiary/aromatic N) is 3. The molecule has 0 spiro atoms. The van der Waals surface area contributed by atoms with Gasteiger partial charge >= 0.3 is 5.69 Å². The van der Waals surface area contributed by atoms with Gasteiger partial charge in [-0.25, -0.2) is 4.79 Å². The van der Waals surface area contributed by atoms with E-state index in [1.165, 1.54) is 9.47 Å². The molecule has 0 atom stereocenters. The lowest BCUT2D eigenvalue weighted by Crippen LogP contribution is -2.39. The molecular formula is C22H29N5O4. The third kappa shape index (κ3) is 4.40. The molecule has 1 aliphatic heterocycles. The Kier molecular flexibility index (Phi) is 6.94. The average molecular weight is 428 g/mol. The SMILES string of the molecule is CCCCn1c(N)c(N(CC)CCCCN2C(=O)c3ccccc3C2=O)c(=O)[nH]c1=O. The van der Waals surface area contributed by atoms with Gasteiger partial charge in [0.15, 0.2) is 0 Å². The number of nitrogen functional groups attached to an aromatic ring is 1. The first-order valence-electron chi connectivity index (χ1n) is 10.7. The molecule has 2 aromatic rings. The second-order valence-corrected chi connectivity index (χ2v) is 7.59. The Morgan fingerprint density at radius 3 is 2.16 bits per heavy atom. The zero-order valence-corrected chi connectivity index (χ0v) is 18.0. The Morgan fingerprint density at radius 1 is 0.935 bits per heavy atom. The van der Waals surface area contributed by atoms with E-state index in [0.717, 1.165) is 12.8 Å². The molecule has 9 heteroatoms. The zero-order valence-electron chi connectivity index (χ0n) is 18.0. The minimum absolute atomic E-state index is 0.171. The van der Waals surface area contributed by atoms with Crippen LogP contribution in [0, 0.1) is 0 Å². The number of imide groups is 1. The molecule has 1 aromatic carbocycles. The Morgan fingerprint density at radius 2 is 1.58 bits per heavy atom. The van der Waals surface area contributed by atoms with Crippen molar-refractivity contribution >= 4 is 23.3 Å². The molecule has 1 aromatic heterocycles. The van der Waals surface area contributed by atoms with E-state index in [2.05, 4.69) is 4.98 Å². The first-order chi connectivity index (χ1) is 14.9. The summed E-state index contributed by atoms with van der Waals surface area (Å²) in [6.45, 7) is 5.73. The fourth-order valence-electron chi connectivity index (χ4n) is 3.86. The molecule has 0 fully saturated rings. The lowest BCUT2D eigenvalue weighted by molar-refractivity contribution is 0.0652. The number of carbonyl (C=O) groups is 2. The van der Waals surface area contributed by atoms with E-state index >= 15 is 0 Å². The Labute approximate surface area is 180 Å². The van der Waals surface area contributed by atoms with Crippen LogP contribution in [-0.4, -0.2) is 45.9 Å². The minimum atomic E-state index is -0.502. The molecule has 0 aliphatic carbocycles. The van der Waals surface area contributed by atoms with Gasteiger partial charge in [-0.15, -0.1) is 0 Å². The number of rotatable bonds is 10. The van der Waals surface area contributed by atoms with Gasteiger partial charge in [-0.3, -0.25) is 28.8 Å². The summed E-state index contributed by atoms with van der Waals surface area (Å²) in [6.07, 6.45) is 2.92. The molecule has 31 heavy (non-hydrogen) atoms. The second-order valence-electron chi connectivity index (χ2n) is 7.59. The average Bonchev–Trinajstić information content (AvgIpc) is 2.99. The molecule has 3 rings (SSSR count). The van der Waals surface area contributed by atoms with E-state index in [1.54, 1.807) is 24.3 Å². The summed E-state index contributed by atoms with van der Waals surface area (Å²) in [5.41, 5.74) is 6.37. The number of nitrogens with one attached hydrogen (secondary N) is 1. The summed E-state index contributed by atoms with van der Waals surface area (Å²) in [4.78, 5) is 55.0. The van der Waals surface area contributed by atoms with Crippen molar-refractivity contribution in [3.8, 4) is 0 Å². The maximum Gasteiger partial charge on any atom is 0.330 e. The molecule has 0 saturated carbocycles. The highest BCUT2D eigenvalue weighted by Crippen LogP contribution is 2.23. The van der Waals surface area contributed by atoms with Gasteiger partial charge in [-0.05, 0) is 38.3 Å². The number of anilines is 2. The predicted molar refractivity (Wildman–Crippen MR) is 120 cm³/mol. The van der Waals surface area contributed by atoms with Crippen LogP contribution in [0.3, 0.4) is 0 Å². The van der Waals surface area contributed by atoms with Crippen molar-refractivity contribution in [1.82, 2.24) is 14.5 Å². The fraction of sp³-hybridized carbons (Fsp3) is 0.455. The second kappa shape index (κ2) is 9.63. The Hall–Kier alpha value is -3.36.